The maximum absolute atomic E-state index is 12.5. The summed E-state index contributed by atoms with van der Waals surface area (Å²) in [7, 11) is 3.68. The van der Waals surface area contributed by atoms with Crippen LogP contribution in [-0.4, -0.2) is 55.3 Å². The summed E-state index contributed by atoms with van der Waals surface area (Å²) < 4.78 is 0. The molecule has 0 radical (unpaired) electrons. The van der Waals surface area contributed by atoms with Gasteiger partial charge in [-0.25, -0.2) is 0 Å². The Morgan fingerprint density at radius 1 is 1.09 bits per heavy atom. The molecule has 1 aromatic rings. The lowest BCUT2D eigenvalue weighted by molar-refractivity contribution is -0.116. The van der Waals surface area contributed by atoms with E-state index in [4.69, 9.17) is 0 Å². The van der Waals surface area contributed by atoms with Gasteiger partial charge in [0.15, 0.2) is 0 Å². The maximum Gasteiger partial charge on any atom is 0.253 e. The van der Waals surface area contributed by atoms with Crippen LogP contribution in [0, 0.1) is 0 Å². The fourth-order valence-electron chi connectivity index (χ4n) is 2.26. The van der Waals surface area contributed by atoms with E-state index < -0.39 is 0 Å². The Hall–Kier alpha value is -1.88. The lowest BCUT2D eigenvalue weighted by Crippen LogP contribution is -2.32. The summed E-state index contributed by atoms with van der Waals surface area (Å²) in [5.41, 5.74) is 1.27. The SMILES string of the molecule is CCCN(CCC)C(=O)c1cccc(NC(=O)CN(C)C)c1. The minimum absolute atomic E-state index is 0.0207. The molecule has 5 heteroatoms. The van der Waals surface area contributed by atoms with Crippen molar-refractivity contribution in [3.05, 3.63) is 29.8 Å². The average Bonchev–Trinajstić information content (AvgIpc) is 2.45. The van der Waals surface area contributed by atoms with Crippen molar-refractivity contribution in [3.8, 4) is 0 Å². The van der Waals surface area contributed by atoms with Gasteiger partial charge in [-0.1, -0.05) is 19.9 Å². The molecule has 0 spiro atoms. The zero-order valence-corrected chi connectivity index (χ0v) is 14.1. The highest BCUT2D eigenvalue weighted by atomic mass is 16.2. The van der Waals surface area contributed by atoms with Crippen molar-refractivity contribution in [2.75, 3.05) is 39.0 Å². The normalized spacial score (nSPS) is 10.6. The topological polar surface area (TPSA) is 52.7 Å². The number of rotatable bonds is 8. The molecule has 0 unspecified atom stereocenters. The van der Waals surface area contributed by atoms with Crippen molar-refractivity contribution < 1.29 is 9.59 Å². The molecule has 0 saturated heterocycles. The van der Waals surface area contributed by atoms with Crippen molar-refractivity contribution in [1.29, 1.82) is 0 Å². The number of hydrogen-bond donors (Lipinski definition) is 1. The highest BCUT2D eigenvalue weighted by Gasteiger charge is 2.15. The second-order valence-corrected chi connectivity index (χ2v) is 5.66. The lowest BCUT2D eigenvalue weighted by atomic mass is 10.1. The number of amides is 2. The Kier molecular flexibility index (Phi) is 7.60. The zero-order chi connectivity index (χ0) is 16.5. The molecule has 0 saturated carbocycles. The predicted octanol–water partition coefficient (Wildman–Crippen LogP) is 2.45. The third-order valence-electron chi connectivity index (χ3n) is 3.13. The van der Waals surface area contributed by atoms with E-state index in [0.29, 0.717) is 17.8 Å². The van der Waals surface area contributed by atoms with Gasteiger partial charge >= 0.3 is 0 Å². The van der Waals surface area contributed by atoms with Crippen LogP contribution in [0.2, 0.25) is 0 Å². The summed E-state index contributed by atoms with van der Waals surface area (Å²) in [6, 6.07) is 7.14. The summed E-state index contributed by atoms with van der Waals surface area (Å²) in [4.78, 5) is 28.0. The molecule has 0 aliphatic rings. The first-order valence-electron chi connectivity index (χ1n) is 7.81. The number of likely N-dealkylation sites (N-methyl/N-ethyl adjacent to an activating group) is 1. The first kappa shape index (κ1) is 18.2. The molecule has 0 bridgehead atoms. The number of nitrogens with one attached hydrogen (secondary N) is 1. The highest BCUT2D eigenvalue weighted by Crippen LogP contribution is 2.13. The number of anilines is 1. The molecular weight excluding hydrogens is 278 g/mol. The smallest absolute Gasteiger partial charge is 0.253 e. The van der Waals surface area contributed by atoms with E-state index in [1.165, 1.54) is 0 Å². The molecular formula is C17H27N3O2. The number of benzene rings is 1. The van der Waals surface area contributed by atoms with Gasteiger partial charge in [0.2, 0.25) is 5.91 Å². The molecule has 1 rings (SSSR count). The van der Waals surface area contributed by atoms with Gasteiger partial charge in [0.25, 0.3) is 5.91 Å². The minimum atomic E-state index is -0.0893. The monoisotopic (exact) mass is 305 g/mol. The van der Waals surface area contributed by atoms with Gasteiger partial charge in [-0.15, -0.1) is 0 Å². The summed E-state index contributed by atoms with van der Waals surface area (Å²) in [6.45, 7) is 5.95. The van der Waals surface area contributed by atoms with Crippen LogP contribution in [-0.2, 0) is 4.79 Å². The quantitative estimate of drug-likeness (QED) is 0.802. The van der Waals surface area contributed by atoms with Gasteiger partial charge in [-0.2, -0.15) is 0 Å². The van der Waals surface area contributed by atoms with Crippen LogP contribution < -0.4 is 5.32 Å². The lowest BCUT2D eigenvalue weighted by Gasteiger charge is -2.21. The number of hydrogen-bond acceptors (Lipinski definition) is 3. The molecule has 0 aliphatic carbocycles. The Balaban J connectivity index is 2.81. The van der Waals surface area contributed by atoms with Crippen molar-refractivity contribution in [2.24, 2.45) is 0 Å². The van der Waals surface area contributed by atoms with Gasteiger partial charge < -0.3 is 15.1 Å². The fourth-order valence-corrected chi connectivity index (χ4v) is 2.26. The van der Waals surface area contributed by atoms with Gasteiger partial charge in [0.1, 0.15) is 0 Å². The average molecular weight is 305 g/mol. The molecule has 22 heavy (non-hydrogen) atoms. The Bertz CT molecular complexity index is 494. The Labute approximate surface area is 133 Å². The molecule has 1 N–H and O–H groups in total. The van der Waals surface area contributed by atoms with E-state index >= 15 is 0 Å². The summed E-state index contributed by atoms with van der Waals surface area (Å²) in [6.07, 6.45) is 1.87. The van der Waals surface area contributed by atoms with Crippen molar-refractivity contribution >= 4 is 17.5 Å². The van der Waals surface area contributed by atoms with Crippen LogP contribution >= 0.6 is 0 Å². The van der Waals surface area contributed by atoms with Crippen LogP contribution in [0.1, 0.15) is 37.0 Å². The second-order valence-electron chi connectivity index (χ2n) is 5.66. The van der Waals surface area contributed by atoms with Crippen LogP contribution in [0.15, 0.2) is 24.3 Å². The van der Waals surface area contributed by atoms with Gasteiger partial charge in [-0.05, 0) is 45.1 Å². The van der Waals surface area contributed by atoms with E-state index in [9.17, 15) is 9.59 Å². The standard InChI is InChI=1S/C17H27N3O2/c1-5-10-20(11-6-2)17(22)14-8-7-9-15(12-14)18-16(21)13-19(3)4/h7-9,12H,5-6,10-11,13H2,1-4H3,(H,18,21). The zero-order valence-electron chi connectivity index (χ0n) is 14.1. The number of nitrogens with zero attached hydrogens (tertiary/aromatic N) is 2. The van der Waals surface area contributed by atoms with Crippen LogP contribution in [0.3, 0.4) is 0 Å². The maximum atomic E-state index is 12.5. The van der Waals surface area contributed by atoms with Crippen LogP contribution in [0.5, 0.6) is 0 Å². The fraction of sp³-hybridized carbons (Fsp3) is 0.529. The van der Waals surface area contributed by atoms with E-state index in [1.54, 1.807) is 29.2 Å². The molecule has 1 aromatic carbocycles. The summed E-state index contributed by atoms with van der Waals surface area (Å²) in [5, 5.41) is 2.82. The number of carbonyl (C=O) groups excluding carboxylic acids is 2. The highest BCUT2D eigenvalue weighted by molar-refractivity contribution is 5.97. The van der Waals surface area contributed by atoms with Crippen molar-refractivity contribution in [3.63, 3.8) is 0 Å². The van der Waals surface area contributed by atoms with E-state index in [-0.39, 0.29) is 11.8 Å². The predicted molar refractivity (Wildman–Crippen MR) is 90.1 cm³/mol. The Morgan fingerprint density at radius 3 is 2.27 bits per heavy atom. The molecule has 0 atom stereocenters. The van der Waals surface area contributed by atoms with E-state index in [2.05, 4.69) is 19.2 Å². The molecule has 122 valence electrons. The number of carbonyl (C=O) groups is 2. The first-order valence-corrected chi connectivity index (χ1v) is 7.81. The largest absolute Gasteiger partial charge is 0.339 e. The molecule has 0 fully saturated rings. The summed E-state index contributed by atoms with van der Waals surface area (Å²) >= 11 is 0. The Morgan fingerprint density at radius 2 is 1.73 bits per heavy atom. The van der Waals surface area contributed by atoms with Crippen LogP contribution in [0.25, 0.3) is 0 Å². The molecule has 2 amide bonds. The first-order chi connectivity index (χ1) is 10.5. The third kappa shape index (κ3) is 5.85. The third-order valence-corrected chi connectivity index (χ3v) is 3.13. The van der Waals surface area contributed by atoms with Crippen molar-refractivity contribution in [2.45, 2.75) is 26.7 Å². The van der Waals surface area contributed by atoms with Gasteiger partial charge in [-0.3, -0.25) is 9.59 Å². The molecule has 0 aliphatic heterocycles. The second kappa shape index (κ2) is 9.20. The van der Waals surface area contributed by atoms with Gasteiger partial charge in [0.05, 0.1) is 6.54 Å². The van der Waals surface area contributed by atoms with E-state index in [0.717, 1.165) is 25.9 Å². The minimum Gasteiger partial charge on any atom is -0.339 e. The summed E-state index contributed by atoms with van der Waals surface area (Å²) in [5.74, 6) is -0.0685. The van der Waals surface area contributed by atoms with Crippen LogP contribution in [0.4, 0.5) is 5.69 Å². The molecule has 5 nitrogen and oxygen atoms in total. The molecule has 0 heterocycles. The molecule has 0 aromatic heterocycles. The van der Waals surface area contributed by atoms with Crippen molar-refractivity contribution in [1.82, 2.24) is 9.80 Å². The van der Waals surface area contributed by atoms with Gasteiger partial charge in [0, 0.05) is 24.3 Å². The van der Waals surface area contributed by atoms with E-state index in [1.807, 2.05) is 19.0 Å².